The summed E-state index contributed by atoms with van der Waals surface area (Å²) in [5, 5.41) is 3.07. The van der Waals surface area contributed by atoms with Gasteiger partial charge in [-0.25, -0.2) is 0 Å². The van der Waals surface area contributed by atoms with E-state index < -0.39 is 5.91 Å². The quantitative estimate of drug-likeness (QED) is 0.673. The second kappa shape index (κ2) is 6.61. The van der Waals surface area contributed by atoms with Crippen molar-refractivity contribution >= 4 is 57.5 Å². The Labute approximate surface area is 146 Å². The van der Waals surface area contributed by atoms with E-state index in [2.05, 4.69) is 10.4 Å². The molecule has 0 saturated carbocycles. The van der Waals surface area contributed by atoms with Gasteiger partial charge in [-0.3, -0.25) is 20.0 Å². The van der Waals surface area contributed by atoms with Gasteiger partial charge in [0.15, 0.2) is 4.32 Å². The van der Waals surface area contributed by atoms with Gasteiger partial charge in [0.1, 0.15) is 0 Å². The van der Waals surface area contributed by atoms with E-state index in [1.165, 1.54) is 24.2 Å². The van der Waals surface area contributed by atoms with Crippen LogP contribution in [0.4, 0.5) is 0 Å². The van der Waals surface area contributed by atoms with Gasteiger partial charge >= 0.3 is 0 Å². The number of pyridine rings is 1. The molecule has 0 radical (unpaired) electrons. The molecule has 0 aliphatic carbocycles. The molecule has 2 amide bonds. The molecule has 3 rings (SSSR count). The van der Waals surface area contributed by atoms with Crippen LogP contribution in [0.25, 0.3) is 6.08 Å². The van der Waals surface area contributed by atoms with Gasteiger partial charge in [-0.1, -0.05) is 11.8 Å². The zero-order valence-corrected chi connectivity index (χ0v) is 14.4. The van der Waals surface area contributed by atoms with E-state index in [0.717, 1.165) is 15.4 Å². The maximum atomic E-state index is 12.4. The molecule has 5 nitrogen and oxygen atoms in total. The van der Waals surface area contributed by atoms with Crippen molar-refractivity contribution in [3.63, 3.8) is 0 Å². The molecule has 23 heavy (non-hydrogen) atoms. The Kier molecular flexibility index (Phi) is 4.56. The molecule has 8 heteroatoms. The molecule has 116 valence electrons. The summed E-state index contributed by atoms with van der Waals surface area (Å²) in [6.45, 7) is 1.98. The zero-order valence-electron chi connectivity index (χ0n) is 12.0. The molecule has 0 unspecified atom stereocenters. The van der Waals surface area contributed by atoms with Gasteiger partial charge in [0.05, 0.1) is 4.91 Å². The number of thioether (sulfide) groups is 1. The van der Waals surface area contributed by atoms with Crippen molar-refractivity contribution in [2.75, 3.05) is 0 Å². The van der Waals surface area contributed by atoms with Crippen molar-refractivity contribution in [3.05, 3.63) is 56.9 Å². The van der Waals surface area contributed by atoms with Crippen molar-refractivity contribution in [1.82, 2.24) is 15.4 Å². The van der Waals surface area contributed by atoms with E-state index >= 15 is 0 Å². The first-order valence-corrected chi connectivity index (χ1v) is 8.70. The normalized spacial score (nSPS) is 16.2. The Bertz CT molecular complexity index is 814. The molecule has 2 aromatic rings. The van der Waals surface area contributed by atoms with E-state index in [0.29, 0.717) is 14.8 Å². The average molecular weight is 361 g/mol. The zero-order chi connectivity index (χ0) is 16.4. The van der Waals surface area contributed by atoms with Crippen LogP contribution in [0.2, 0.25) is 0 Å². The minimum absolute atomic E-state index is 0.304. The van der Waals surface area contributed by atoms with E-state index in [1.807, 2.05) is 18.4 Å². The maximum Gasteiger partial charge on any atom is 0.285 e. The van der Waals surface area contributed by atoms with Crippen LogP contribution < -0.4 is 5.43 Å². The molecule has 0 atom stereocenters. The van der Waals surface area contributed by atoms with Crippen LogP contribution in [0, 0.1) is 6.92 Å². The summed E-state index contributed by atoms with van der Waals surface area (Å²) in [5.41, 5.74) is 4.04. The predicted octanol–water partition coefficient (Wildman–Crippen LogP) is 3.00. The fourth-order valence-electron chi connectivity index (χ4n) is 1.88. The number of aryl methyl sites for hydroxylation is 1. The number of hydrogen-bond acceptors (Lipinski definition) is 6. The third kappa shape index (κ3) is 3.34. The monoisotopic (exact) mass is 361 g/mol. The molecule has 1 fully saturated rings. The molecule has 1 aliphatic heterocycles. The number of nitrogens with one attached hydrogen (secondary N) is 1. The van der Waals surface area contributed by atoms with Gasteiger partial charge in [0.25, 0.3) is 11.8 Å². The number of carbonyl (C=O) groups excluding carboxylic acids is 2. The van der Waals surface area contributed by atoms with Gasteiger partial charge in [-0.05, 0) is 54.4 Å². The Balaban J connectivity index is 1.78. The van der Waals surface area contributed by atoms with Gasteiger partial charge < -0.3 is 0 Å². The van der Waals surface area contributed by atoms with E-state index in [4.69, 9.17) is 12.2 Å². The van der Waals surface area contributed by atoms with Crippen molar-refractivity contribution in [2.24, 2.45) is 0 Å². The third-order valence-corrected chi connectivity index (χ3v) is 5.38. The largest absolute Gasteiger partial charge is 0.285 e. The lowest BCUT2D eigenvalue weighted by atomic mass is 10.2. The second-order valence-corrected chi connectivity index (χ2v) is 7.29. The Morgan fingerprint density at radius 1 is 1.35 bits per heavy atom. The minimum Gasteiger partial charge on any atom is -0.267 e. The first kappa shape index (κ1) is 15.9. The molecular formula is C15H11N3O2S3. The van der Waals surface area contributed by atoms with Gasteiger partial charge in [0, 0.05) is 22.8 Å². The lowest BCUT2D eigenvalue weighted by Gasteiger charge is -2.15. The van der Waals surface area contributed by atoms with Crippen LogP contribution in [-0.2, 0) is 4.79 Å². The summed E-state index contributed by atoms with van der Waals surface area (Å²) < 4.78 is 0.304. The van der Waals surface area contributed by atoms with Crippen molar-refractivity contribution < 1.29 is 9.59 Å². The number of aromatic nitrogens is 1. The number of thiocarbonyl (C=S) groups is 1. The smallest absolute Gasteiger partial charge is 0.267 e. The number of hydrazine groups is 1. The second-order valence-electron chi connectivity index (χ2n) is 4.66. The van der Waals surface area contributed by atoms with Crippen LogP contribution in [0.1, 0.15) is 20.8 Å². The molecule has 1 N–H and O–H groups in total. The van der Waals surface area contributed by atoms with Crippen LogP contribution >= 0.6 is 35.3 Å². The van der Waals surface area contributed by atoms with E-state index in [-0.39, 0.29) is 5.91 Å². The molecule has 0 aromatic carbocycles. The Morgan fingerprint density at radius 2 is 2.09 bits per heavy atom. The Hall–Kier alpha value is -2.03. The maximum absolute atomic E-state index is 12.4. The van der Waals surface area contributed by atoms with Gasteiger partial charge in [-0.2, -0.15) is 5.01 Å². The molecule has 2 aromatic heterocycles. The summed E-state index contributed by atoms with van der Waals surface area (Å²) in [6.07, 6.45) is 4.83. The first-order valence-electron chi connectivity index (χ1n) is 6.59. The molecule has 1 aliphatic rings. The third-order valence-electron chi connectivity index (χ3n) is 3.11. The summed E-state index contributed by atoms with van der Waals surface area (Å²) in [4.78, 5) is 30.0. The highest BCUT2D eigenvalue weighted by Gasteiger charge is 2.33. The topological polar surface area (TPSA) is 62.3 Å². The average Bonchev–Trinajstić information content (AvgIpc) is 3.07. The lowest BCUT2D eigenvalue weighted by molar-refractivity contribution is -0.123. The molecule has 0 bridgehead atoms. The van der Waals surface area contributed by atoms with Gasteiger partial charge in [0.2, 0.25) is 0 Å². The summed E-state index contributed by atoms with van der Waals surface area (Å²) >= 11 is 7.92. The number of nitrogens with zero attached hydrogens (tertiary/aromatic N) is 2. The van der Waals surface area contributed by atoms with Gasteiger partial charge in [-0.15, -0.1) is 11.3 Å². The van der Waals surface area contributed by atoms with Crippen molar-refractivity contribution in [2.45, 2.75) is 6.92 Å². The van der Waals surface area contributed by atoms with Crippen LogP contribution in [-0.4, -0.2) is 26.1 Å². The highest BCUT2D eigenvalue weighted by Crippen LogP contribution is 2.33. The number of rotatable bonds is 3. The van der Waals surface area contributed by atoms with Crippen molar-refractivity contribution in [3.8, 4) is 0 Å². The summed E-state index contributed by atoms with van der Waals surface area (Å²) in [6, 6.07) is 5.12. The molecule has 1 saturated heterocycles. The SMILES string of the molecule is Cc1ccsc1/C=C1\SC(=S)N(NC(=O)c2ccncc2)C1=O. The highest BCUT2D eigenvalue weighted by molar-refractivity contribution is 8.26. The van der Waals surface area contributed by atoms with E-state index in [9.17, 15) is 9.59 Å². The number of thiophene rings is 1. The fourth-order valence-corrected chi connectivity index (χ4v) is 3.98. The fraction of sp³-hybridized carbons (Fsp3) is 0.0667. The Morgan fingerprint density at radius 3 is 2.74 bits per heavy atom. The summed E-state index contributed by atoms with van der Waals surface area (Å²) in [7, 11) is 0. The highest BCUT2D eigenvalue weighted by atomic mass is 32.2. The van der Waals surface area contributed by atoms with Crippen LogP contribution in [0.5, 0.6) is 0 Å². The van der Waals surface area contributed by atoms with Crippen molar-refractivity contribution in [1.29, 1.82) is 0 Å². The summed E-state index contributed by atoms with van der Waals surface area (Å²) in [5.74, 6) is -0.729. The number of carbonyl (C=O) groups is 2. The molecular weight excluding hydrogens is 350 g/mol. The predicted molar refractivity (Wildman–Crippen MR) is 95.8 cm³/mol. The van der Waals surface area contributed by atoms with E-state index in [1.54, 1.807) is 29.5 Å². The lowest BCUT2D eigenvalue weighted by Crippen LogP contribution is -2.44. The number of amides is 2. The van der Waals surface area contributed by atoms with Crippen LogP contribution in [0.3, 0.4) is 0 Å². The standard InChI is InChI=1S/C15H11N3O2S3/c1-9-4-7-22-11(9)8-12-14(20)18(15(21)23-12)17-13(19)10-2-5-16-6-3-10/h2-8H,1H3,(H,17,19)/b12-8-. The van der Waals surface area contributed by atoms with Crippen LogP contribution in [0.15, 0.2) is 40.9 Å². The molecule has 3 heterocycles. The molecule has 0 spiro atoms. The minimum atomic E-state index is -0.405. The number of hydrogen-bond donors (Lipinski definition) is 1. The first-order chi connectivity index (χ1) is 11.1.